The number of fused-ring (bicyclic) bond motifs is 1. The Kier molecular flexibility index (Phi) is 4.80. The molecular weight excluding hydrogens is 331 g/mol. The van der Waals surface area contributed by atoms with Crippen molar-refractivity contribution in [3.05, 3.63) is 78.4 Å². The van der Waals surface area contributed by atoms with Gasteiger partial charge >= 0.3 is 0 Å². The maximum absolute atomic E-state index is 13.1. The molecule has 1 atom stereocenters. The summed E-state index contributed by atoms with van der Waals surface area (Å²) < 4.78 is 24.7. The molecule has 0 fully saturated rings. The van der Waals surface area contributed by atoms with Crippen LogP contribution in [0.15, 0.2) is 67.0 Å². The van der Waals surface area contributed by atoms with Crippen molar-refractivity contribution in [2.45, 2.75) is 12.6 Å². The number of ether oxygens (including phenoxy) is 2. The molecule has 0 amide bonds. The lowest BCUT2D eigenvalue weighted by molar-refractivity contribution is 0.0902. The predicted molar refractivity (Wildman–Crippen MR) is 97.7 cm³/mol. The normalized spacial score (nSPS) is 15.7. The fourth-order valence-electron chi connectivity index (χ4n) is 2.93. The minimum Gasteiger partial charge on any atom is -0.486 e. The first-order valence-corrected chi connectivity index (χ1v) is 8.57. The van der Waals surface area contributed by atoms with Gasteiger partial charge in [0, 0.05) is 31.0 Å². The van der Waals surface area contributed by atoms with E-state index >= 15 is 0 Å². The molecule has 4 rings (SSSR count). The van der Waals surface area contributed by atoms with E-state index in [1.165, 1.54) is 12.1 Å². The molecule has 1 aliphatic rings. The van der Waals surface area contributed by atoms with Gasteiger partial charge in [0.25, 0.3) is 0 Å². The summed E-state index contributed by atoms with van der Waals surface area (Å²) in [4.78, 5) is 4.29. The highest BCUT2D eigenvalue weighted by Gasteiger charge is 2.19. The molecule has 0 aliphatic carbocycles. The van der Waals surface area contributed by atoms with Crippen molar-refractivity contribution in [1.82, 2.24) is 10.3 Å². The summed E-state index contributed by atoms with van der Waals surface area (Å²) in [5.74, 6) is 1.33. The first kappa shape index (κ1) is 16.5. The molecule has 26 heavy (non-hydrogen) atoms. The molecule has 0 spiro atoms. The molecule has 0 saturated carbocycles. The zero-order chi connectivity index (χ0) is 17.8. The highest BCUT2D eigenvalue weighted by atomic mass is 19.1. The monoisotopic (exact) mass is 350 g/mol. The molecule has 1 aliphatic heterocycles. The first-order valence-electron chi connectivity index (χ1n) is 8.57. The highest BCUT2D eigenvalue weighted by Crippen LogP contribution is 2.30. The Morgan fingerprint density at radius 2 is 1.81 bits per heavy atom. The van der Waals surface area contributed by atoms with Gasteiger partial charge in [0.05, 0.1) is 0 Å². The Morgan fingerprint density at radius 1 is 1.00 bits per heavy atom. The minimum absolute atomic E-state index is 0.0295. The van der Waals surface area contributed by atoms with Gasteiger partial charge in [-0.25, -0.2) is 4.39 Å². The number of benzene rings is 2. The van der Waals surface area contributed by atoms with Crippen LogP contribution in [0, 0.1) is 5.82 Å². The van der Waals surface area contributed by atoms with Crippen LogP contribution in [0.5, 0.6) is 11.5 Å². The number of pyridine rings is 1. The quantitative estimate of drug-likeness (QED) is 0.760. The first-order chi connectivity index (χ1) is 12.8. The molecular formula is C21H19FN2O2. The van der Waals surface area contributed by atoms with Crippen molar-refractivity contribution in [3.63, 3.8) is 0 Å². The van der Waals surface area contributed by atoms with Gasteiger partial charge in [0.15, 0.2) is 11.5 Å². The average Bonchev–Trinajstić information content (AvgIpc) is 2.69. The fraction of sp³-hybridized carbons (Fsp3) is 0.190. The molecule has 4 nitrogen and oxygen atoms in total. The molecule has 0 unspecified atom stereocenters. The van der Waals surface area contributed by atoms with E-state index < -0.39 is 0 Å². The van der Waals surface area contributed by atoms with E-state index in [-0.39, 0.29) is 11.9 Å². The maximum Gasteiger partial charge on any atom is 0.161 e. The van der Waals surface area contributed by atoms with Gasteiger partial charge in [-0.2, -0.15) is 0 Å². The van der Waals surface area contributed by atoms with Crippen LogP contribution < -0.4 is 14.8 Å². The SMILES string of the molecule is Fc1ccc(-c2cncc(CNC[C@H]3COc4ccccc4O3)c2)cc1. The van der Waals surface area contributed by atoms with Gasteiger partial charge in [0.1, 0.15) is 18.5 Å². The number of halogens is 1. The van der Waals surface area contributed by atoms with Crippen molar-refractivity contribution in [3.8, 4) is 22.6 Å². The van der Waals surface area contributed by atoms with Gasteiger partial charge in [-0.1, -0.05) is 24.3 Å². The summed E-state index contributed by atoms with van der Waals surface area (Å²) in [5, 5.41) is 3.39. The summed E-state index contributed by atoms with van der Waals surface area (Å²) in [7, 11) is 0. The number of aromatic nitrogens is 1. The van der Waals surface area contributed by atoms with E-state index in [2.05, 4.69) is 16.4 Å². The Morgan fingerprint density at radius 3 is 2.65 bits per heavy atom. The lowest BCUT2D eigenvalue weighted by Crippen LogP contribution is -2.38. The summed E-state index contributed by atoms with van der Waals surface area (Å²) in [6.45, 7) is 1.87. The molecule has 1 N–H and O–H groups in total. The third-order valence-electron chi connectivity index (χ3n) is 4.24. The Bertz CT molecular complexity index is 883. The van der Waals surface area contributed by atoms with Crippen LogP contribution in [0.3, 0.4) is 0 Å². The van der Waals surface area contributed by atoms with Crippen LogP contribution in [0.2, 0.25) is 0 Å². The maximum atomic E-state index is 13.1. The Hall–Kier alpha value is -2.92. The summed E-state index contributed by atoms with van der Waals surface area (Å²) in [6.07, 6.45) is 3.58. The fourth-order valence-corrected chi connectivity index (χ4v) is 2.93. The largest absolute Gasteiger partial charge is 0.486 e. The third-order valence-corrected chi connectivity index (χ3v) is 4.24. The number of hydrogen-bond donors (Lipinski definition) is 1. The van der Waals surface area contributed by atoms with Crippen molar-refractivity contribution >= 4 is 0 Å². The zero-order valence-electron chi connectivity index (χ0n) is 14.2. The van der Waals surface area contributed by atoms with Gasteiger partial charge in [-0.05, 0) is 41.5 Å². The average molecular weight is 350 g/mol. The molecule has 0 radical (unpaired) electrons. The number of rotatable bonds is 5. The second kappa shape index (κ2) is 7.54. The molecule has 5 heteroatoms. The third kappa shape index (κ3) is 3.83. The van der Waals surface area contributed by atoms with Crippen LogP contribution in [-0.2, 0) is 6.54 Å². The van der Waals surface area contributed by atoms with Crippen LogP contribution in [-0.4, -0.2) is 24.2 Å². The standard InChI is InChI=1S/C21H19FN2O2/c22-18-7-5-16(6-8-18)17-9-15(10-23-12-17)11-24-13-19-14-25-20-3-1-2-4-21(20)26-19/h1-10,12,19,24H,11,13-14H2/t19-/m0/s1. The van der Waals surface area contributed by atoms with E-state index in [0.717, 1.165) is 28.2 Å². The predicted octanol–water partition coefficient (Wildman–Crippen LogP) is 3.82. The molecule has 2 aromatic carbocycles. The molecule has 132 valence electrons. The van der Waals surface area contributed by atoms with Gasteiger partial charge in [-0.15, -0.1) is 0 Å². The van der Waals surface area contributed by atoms with Gasteiger partial charge in [0.2, 0.25) is 0 Å². The van der Waals surface area contributed by atoms with E-state index in [1.54, 1.807) is 18.3 Å². The summed E-state index contributed by atoms with van der Waals surface area (Å²) in [5.41, 5.74) is 2.97. The van der Waals surface area contributed by atoms with Crippen LogP contribution >= 0.6 is 0 Å². The van der Waals surface area contributed by atoms with Crippen molar-refractivity contribution < 1.29 is 13.9 Å². The zero-order valence-corrected chi connectivity index (χ0v) is 14.2. The topological polar surface area (TPSA) is 43.4 Å². The Balaban J connectivity index is 1.34. The second-order valence-corrected chi connectivity index (χ2v) is 6.22. The number of para-hydroxylation sites is 2. The van der Waals surface area contributed by atoms with Crippen LogP contribution in [0.1, 0.15) is 5.56 Å². The van der Waals surface area contributed by atoms with E-state index in [1.807, 2.05) is 30.5 Å². The Labute approximate surface area is 151 Å². The molecule has 2 heterocycles. The minimum atomic E-state index is -0.240. The second-order valence-electron chi connectivity index (χ2n) is 6.22. The van der Waals surface area contributed by atoms with E-state index in [9.17, 15) is 4.39 Å². The lowest BCUT2D eigenvalue weighted by Gasteiger charge is -2.26. The van der Waals surface area contributed by atoms with E-state index in [0.29, 0.717) is 19.7 Å². The number of hydrogen-bond acceptors (Lipinski definition) is 4. The molecule has 3 aromatic rings. The van der Waals surface area contributed by atoms with Crippen LogP contribution in [0.4, 0.5) is 4.39 Å². The van der Waals surface area contributed by atoms with Gasteiger partial charge in [-0.3, -0.25) is 4.98 Å². The number of nitrogens with zero attached hydrogens (tertiary/aromatic N) is 1. The molecule has 1 aromatic heterocycles. The lowest BCUT2D eigenvalue weighted by atomic mass is 10.1. The summed E-state index contributed by atoms with van der Waals surface area (Å²) in [6, 6.07) is 16.2. The molecule has 0 saturated heterocycles. The van der Waals surface area contributed by atoms with Gasteiger partial charge < -0.3 is 14.8 Å². The van der Waals surface area contributed by atoms with Crippen molar-refractivity contribution in [1.29, 1.82) is 0 Å². The van der Waals surface area contributed by atoms with Crippen molar-refractivity contribution in [2.75, 3.05) is 13.2 Å². The van der Waals surface area contributed by atoms with Crippen molar-refractivity contribution in [2.24, 2.45) is 0 Å². The highest BCUT2D eigenvalue weighted by molar-refractivity contribution is 5.62. The smallest absolute Gasteiger partial charge is 0.161 e. The summed E-state index contributed by atoms with van der Waals surface area (Å²) >= 11 is 0. The molecule has 0 bridgehead atoms. The van der Waals surface area contributed by atoms with Crippen LogP contribution in [0.25, 0.3) is 11.1 Å². The van der Waals surface area contributed by atoms with E-state index in [4.69, 9.17) is 9.47 Å². The number of nitrogens with one attached hydrogen (secondary N) is 1.